The third kappa shape index (κ3) is 4.56. The molecule has 2 aliphatic carbocycles. The first kappa shape index (κ1) is 17.0. The highest BCUT2D eigenvalue weighted by Gasteiger charge is 2.23. The van der Waals surface area contributed by atoms with E-state index < -0.39 is 0 Å². The Hall–Kier alpha value is -1.38. The summed E-state index contributed by atoms with van der Waals surface area (Å²) in [5, 5.41) is 0. The van der Waals surface area contributed by atoms with Crippen LogP contribution in [-0.2, 0) is 9.47 Å². The van der Waals surface area contributed by atoms with Gasteiger partial charge in [0, 0.05) is 13.2 Å². The van der Waals surface area contributed by atoms with E-state index in [1.54, 1.807) is 0 Å². The molecular formula is C20H28O2. The van der Waals surface area contributed by atoms with Gasteiger partial charge >= 0.3 is 0 Å². The predicted molar refractivity (Wildman–Crippen MR) is 92.9 cm³/mol. The number of allylic oxidation sites excluding steroid dienone is 6. The van der Waals surface area contributed by atoms with Gasteiger partial charge in [0.25, 0.3) is 0 Å². The molecule has 0 heterocycles. The van der Waals surface area contributed by atoms with Crippen molar-refractivity contribution in [3.63, 3.8) is 0 Å². The Kier molecular flexibility index (Phi) is 5.60. The van der Waals surface area contributed by atoms with Crippen LogP contribution in [0, 0.1) is 0 Å². The van der Waals surface area contributed by atoms with Gasteiger partial charge in [-0.2, -0.15) is 0 Å². The van der Waals surface area contributed by atoms with Crippen molar-refractivity contribution in [1.29, 1.82) is 0 Å². The Bertz CT molecular complexity index is 488. The zero-order chi connectivity index (χ0) is 16.1. The molecule has 0 N–H and O–H groups in total. The van der Waals surface area contributed by atoms with Crippen molar-refractivity contribution < 1.29 is 9.47 Å². The summed E-state index contributed by atoms with van der Waals surface area (Å²) in [5.41, 5.74) is 2.19. The smallest absolute Gasteiger partial charge is 0.0872 e. The molecular weight excluding hydrogens is 272 g/mol. The summed E-state index contributed by atoms with van der Waals surface area (Å²) in [7, 11) is 0. The monoisotopic (exact) mass is 300 g/mol. The topological polar surface area (TPSA) is 18.5 Å². The quantitative estimate of drug-likeness (QED) is 0.694. The maximum Gasteiger partial charge on any atom is 0.0872 e. The summed E-state index contributed by atoms with van der Waals surface area (Å²) < 4.78 is 11.5. The van der Waals surface area contributed by atoms with E-state index in [0.29, 0.717) is 0 Å². The zero-order valence-electron chi connectivity index (χ0n) is 14.3. The van der Waals surface area contributed by atoms with Crippen molar-refractivity contribution in [2.24, 2.45) is 0 Å². The average Bonchev–Trinajstić information content (AvgIpc) is 2.49. The summed E-state index contributed by atoms with van der Waals surface area (Å²) in [6, 6.07) is 0. The van der Waals surface area contributed by atoms with Gasteiger partial charge in [-0.25, -0.2) is 0 Å². The SMILES string of the molecule is CCOC1(C)C=CC(C=CC2=CCC(C)(OCC)C=C2)=CC1. The summed E-state index contributed by atoms with van der Waals surface area (Å²) in [6.07, 6.45) is 19.3. The van der Waals surface area contributed by atoms with Crippen LogP contribution in [0.3, 0.4) is 0 Å². The third-order valence-corrected chi connectivity index (χ3v) is 4.16. The van der Waals surface area contributed by atoms with Gasteiger partial charge in [0.2, 0.25) is 0 Å². The number of ether oxygens (including phenoxy) is 2. The molecule has 0 aromatic rings. The summed E-state index contributed by atoms with van der Waals surface area (Å²) >= 11 is 0. The van der Waals surface area contributed by atoms with Crippen LogP contribution in [0.25, 0.3) is 0 Å². The zero-order valence-corrected chi connectivity index (χ0v) is 14.3. The van der Waals surface area contributed by atoms with Crippen LogP contribution in [0.1, 0.15) is 40.5 Å². The molecule has 2 atom stereocenters. The first-order valence-electron chi connectivity index (χ1n) is 8.23. The van der Waals surface area contributed by atoms with Crippen LogP contribution in [-0.4, -0.2) is 24.4 Å². The Morgan fingerprint density at radius 1 is 0.864 bits per heavy atom. The molecule has 22 heavy (non-hydrogen) atoms. The Balaban J connectivity index is 1.92. The third-order valence-electron chi connectivity index (χ3n) is 4.16. The fourth-order valence-corrected chi connectivity index (χ4v) is 2.77. The van der Waals surface area contributed by atoms with Crippen molar-refractivity contribution in [2.45, 2.75) is 51.7 Å². The van der Waals surface area contributed by atoms with Gasteiger partial charge in [0.15, 0.2) is 0 Å². The van der Waals surface area contributed by atoms with Crippen molar-refractivity contribution in [1.82, 2.24) is 0 Å². The van der Waals surface area contributed by atoms with Gasteiger partial charge in [0.05, 0.1) is 11.2 Å². The standard InChI is InChI=1S/C20H28O2/c1-5-21-19(3)13-9-17(10-14-19)7-8-18-11-15-20(4,16-12-18)22-6-2/h7-13,15H,5-6,14,16H2,1-4H3. The molecule has 2 nitrogen and oxygen atoms in total. The van der Waals surface area contributed by atoms with Crippen molar-refractivity contribution >= 4 is 0 Å². The highest BCUT2D eigenvalue weighted by molar-refractivity contribution is 5.43. The summed E-state index contributed by atoms with van der Waals surface area (Å²) in [6.45, 7) is 9.83. The molecule has 120 valence electrons. The van der Waals surface area contributed by atoms with E-state index in [9.17, 15) is 0 Å². The molecule has 0 aliphatic heterocycles. The number of hydrogen-bond acceptors (Lipinski definition) is 2. The van der Waals surface area contributed by atoms with E-state index in [4.69, 9.17) is 9.47 Å². The fourth-order valence-electron chi connectivity index (χ4n) is 2.77. The molecule has 2 aliphatic rings. The van der Waals surface area contributed by atoms with Crippen LogP contribution in [0.2, 0.25) is 0 Å². The van der Waals surface area contributed by atoms with E-state index in [1.165, 1.54) is 11.1 Å². The average molecular weight is 300 g/mol. The first-order valence-corrected chi connectivity index (χ1v) is 8.23. The molecule has 0 bridgehead atoms. The second kappa shape index (κ2) is 7.26. The lowest BCUT2D eigenvalue weighted by Crippen LogP contribution is -2.27. The number of hydrogen-bond donors (Lipinski definition) is 0. The van der Waals surface area contributed by atoms with E-state index in [2.05, 4.69) is 62.5 Å². The van der Waals surface area contributed by atoms with Gasteiger partial charge in [-0.05, 0) is 51.7 Å². The molecule has 2 rings (SSSR count). The van der Waals surface area contributed by atoms with Crippen LogP contribution in [0.4, 0.5) is 0 Å². The first-order chi connectivity index (χ1) is 10.5. The fraction of sp³-hybridized carbons (Fsp3) is 0.500. The summed E-state index contributed by atoms with van der Waals surface area (Å²) in [5.74, 6) is 0. The maximum atomic E-state index is 5.77. The Labute approximate surface area is 134 Å². The molecule has 0 radical (unpaired) electrons. The minimum absolute atomic E-state index is 0.143. The molecule has 0 fully saturated rings. The molecule has 0 saturated heterocycles. The van der Waals surface area contributed by atoms with E-state index in [-0.39, 0.29) is 11.2 Å². The van der Waals surface area contributed by atoms with E-state index in [1.807, 2.05) is 13.8 Å². The lowest BCUT2D eigenvalue weighted by molar-refractivity contribution is 0.0148. The Morgan fingerprint density at radius 3 is 1.55 bits per heavy atom. The minimum Gasteiger partial charge on any atom is -0.371 e. The van der Waals surface area contributed by atoms with Gasteiger partial charge < -0.3 is 9.47 Å². The predicted octanol–water partition coefficient (Wildman–Crippen LogP) is 4.91. The highest BCUT2D eigenvalue weighted by atomic mass is 16.5. The molecule has 0 spiro atoms. The molecule has 0 aromatic carbocycles. The Morgan fingerprint density at radius 2 is 1.27 bits per heavy atom. The normalized spacial score (nSPS) is 31.5. The highest BCUT2D eigenvalue weighted by Crippen LogP contribution is 2.27. The van der Waals surface area contributed by atoms with Gasteiger partial charge in [-0.15, -0.1) is 0 Å². The second-order valence-electron chi connectivity index (χ2n) is 6.31. The van der Waals surface area contributed by atoms with Crippen LogP contribution < -0.4 is 0 Å². The molecule has 0 saturated carbocycles. The second-order valence-corrected chi connectivity index (χ2v) is 6.31. The van der Waals surface area contributed by atoms with Crippen molar-refractivity contribution in [2.75, 3.05) is 13.2 Å². The lowest BCUT2D eigenvalue weighted by Gasteiger charge is -2.28. The largest absolute Gasteiger partial charge is 0.371 e. The minimum atomic E-state index is -0.143. The summed E-state index contributed by atoms with van der Waals surface area (Å²) in [4.78, 5) is 0. The van der Waals surface area contributed by atoms with Gasteiger partial charge in [0.1, 0.15) is 0 Å². The van der Waals surface area contributed by atoms with Crippen LogP contribution in [0.5, 0.6) is 0 Å². The van der Waals surface area contributed by atoms with Crippen LogP contribution >= 0.6 is 0 Å². The molecule has 2 heteroatoms. The van der Waals surface area contributed by atoms with Crippen molar-refractivity contribution in [3.8, 4) is 0 Å². The lowest BCUT2D eigenvalue weighted by atomic mass is 9.91. The van der Waals surface area contributed by atoms with Crippen LogP contribution in [0.15, 0.2) is 59.8 Å². The number of rotatable bonds is 6. The molecule has 2 unspecified atom stereocenters. The molecule has 0 amide bonds. The molecule has 0 aromatic heterocycles. The van der Waals surface area contributed by atoms with Crippen molar-refractivity contribution in [3.05, 3.63) is 59.8 Å². The van der Waals surface area contributed by atoms with Gasteiger partial charge in [-0.3, -0.25) is 0 Å². The maximum absolute atomic E-state index is 5.77. The van der Waals surface area contributed by atoms with Gasteiger partial charge in [-0.1, -0.05) is 48.6 Å². The van der Waals surface area contributed by atoms with E-state index in [0.717, 1.165) is 26.1 Å². The van der Waals surface area contributed by atoms with E-state index >= 15 is 0 Å².